The van der Waals surface area contributed by atoms with E-state index in [4.69, 9.17) is 5.11 Å². The molecule has 0 aliphatic carbocycles. The van der Waals surface area contributed by atoms with Crippen LogP contribution < -0.4 is 5.32 Å². The zero-order valence-corrected chi connectivity index (χ0v) is 9.93. The topological polar surface area (TPSA) is 79.3 Å². The van der Waals surface area contributed by atoms with Gasteiger partial charge >= 0.3 is 5.97 Å². The smallest absolute Gasteiger partial charge is 0.303 e. The van der Waals surface area contributed by atoms with Crippen LogP contribution in [0.3, 0.4) is 0 Å². The average molecular weight is 236 g/mol. The molecule has 0 aliphatic rings. The maximum atomic E-state index is 11.8. The highest BCUT2D eigenvalue weighted by Gasteiger charge is 2.21. The minimum absolute atomic E-state index is 0.0314. The van der Waals surface area contributed by atoms with Crippen molar-refractivity contribution in [2.45, 2.75) is 32.2 Å². The summed E-state index contributed by atoms with van der Waals surface area (Å²) in [6.45, 7) is 3.60. The number of carbonyl (C=O) groups is 2. The maximum absolute atomic E-state index is 11.8. The highest BCUT2D eigenvalue weighted by Crippen LogP contribution is 2.12. The molecule has 0 radical (unpaired) electrons. The van der Waals surface area contributed by atoms with Crippen molar-refractivity contribution >= 4 is 11.9 Å². The van der Waals surface area contributed by atoms with E-state index in [1.807, 2.05) is 0 Å². The minimum atomic E-state index is -0.865. The molecule has 17 heavy (non-hydrogen) atoms. The zero-order valence-electron chi connectivity index (χ0n) is 9.93. The number of carbonyl (C=O) groups excluding carboxylic acids is 1. The van der Waals surface area contributed by atoms with Gasteiger partial charge in [0.05, 0.1) is 0 Å². The van der Waals surface area contributed by atoms with Crippen LogP contribution in [-0.2, 0) is 4.79 Å². The molecule has 1 aromatic heterocycles. The van der Waals surface area contributed by atoms with Crippen molar-refractivity contribution in [1.29, 1.82) is 0 Å². The van der Waals surface area contributed by atoms with E-state index in [0.29, 0.717) is 12.0 Å². The van der Waals surface area contributed by atoms with Crippen molar-refractivity contribution in [3.05, 3.63) is 30.1 Å². The third-order valence-electron chi connectivity index (χ3n) is 2.36. The molecule has 1 rings (SSSR count). The highest BCUT2D eigenvalue weighted by atomic mass is 16.4. The Bertz CT molecular complexity index is 401. The van der Waals surface area contributed by atoms with Crippen LogP contribution in [0.15, 0.2) is 24.5 Å². The number of amides is 1. The number of aromatic nitrogens is 1. The first-order valence-corrected chi connectivity index (χ1v) is 5.35. The number of rotatable bonds is 5. The SMILES string of the molecule is CC(C)(CCC(=O)O)NC(=O)c1ccncc1. The van der Waals surface area contributed by atoms with E-state index in [2.05, 4.69) is 10.3 Å². The van der Waals surface area contributed by atoms with Crippen LogP contribution in [0.5, 0.6) is 0 Å². The van der Waals surface area contributed by atoms with E-state index < -0.39 is 11.5 Å². The maximum Gasteiger partial charge on any atom is 0.303 e. The average Bonchev–Trinajstić information content (AvgIpc) is 2.27. The van der Waals surface area contributed by atoms with Gasteiger partial charge in [-0.25, -0.2) is 0 Å². The van der Waals surface area contributed by atoms with Gasteiger partial charge < -0.3 is 10.4 Å². The summed E-state index contributed by atoms with van der Waals surface area (Å²) in [5.74, 6) is -1.08. The van der Waals surface area contributed by atoms with Crippen LogP contribution in [-0.4, -0.2) is 27.5 Å². The predicted molar refractivity (Wildman–Crippen MR) is 62.7 cm³/mol. The lowest BCUT2D eigenvalue weighted by molar-refractivity contribution is -0.137. The molecule has 0 spiro atoms. The molecule has 5 nitrogen and oxygen atoms in total. The lowest BCUT2D eigenvalue weighted by atomic mass is 9.98. The van der Waals surface area contributed by atoms with E-state index in [1.54, 1.807) is 38.4 Å². The van der Waals surface area contributed by atoms with E-state index >= 15 is 0 Å². The van der Waals surface area contributed by atoms with Crippen LogP contribution >= 0.6 is 0 Å². The van der Waals surface area contributed by atoms with Crippen molar-refractivity contribution in [3.8, 4) is 0 Å². The standard InChI is InChI=1S/C12H16N2O3/c1-12(2,6-3-10(15)16)14-11(17)9-4-7-13-8-5-9/h4-5,7-8H,3,6H2,1-2H3,(H,14,17)(H,15,16). The summed E-state index contributed by atoms with van der Waals surface area (Å²) in [5.41, 5.74) is -0.0259. The predicted octanol–water partition coefficient (Wildman–Crippen LogP) is 1.45. The van der Waals surface area contributed by atoms with Crippen LogP contribution in [0.25, 0.3) is 0 Å². The Morgan fingerprint density at radius 2 is 1.94 bits per heavy atom. The van der Waals surface area contributed by atoms with Crippen molar-refractivity contribution in [2.24, 2.45) is 0 Å². The number of carboxylic acids is 1. The fourth-order valence-corrected chi connectivity index (χ4v) is 1.36. The lowest BCUT2D eigenvalue weighted by Crippen LogP contribution is -2.43. The lowest BCUT2D eigenvalue weighted by Gasteiger charge is -2.25. The van der Waals surface area contributed by atoms with Gasteiger partial charge in [-0.2, -0.15) is 0 Å². The molecule has 0 atom stereocenters. The van der Waals surface area contributed by atoms with Gasteiger partial charge in [-0.05, 0) is 32.4 Å². The summed E-state index contributed by atoms with van der Waals surface area (Å²) >= 11 is 0. The number of nitrogens with zero attached hydrogens (tertiary/aromatic N) is 1. The number of nitrogens with one attached hydrogen (secondary N) is 1. The molecule has 92 valence electrons. The van der Waals surface area contributed by atoms with Crippen molar-refractivity contribution in [2.75, 3.05) is 0 Å². The molecule has 5 heteroatoms. The Hall–Kier alpha value is -1.91. The first-order valence-electron chi connectivity index (χ1n) is 5.35. The summed E-state index contributed by atoms with van der Waals surface area (Å²) in [7, 11) is 0. The molecule has 0 bridgehead atoms. The summed E-state index contributed by atoms with van der Waals surface area (Å²) < 4.78 is 0. The van der Waals surface area contributed by atoms with Crippen LogP contribution in [0.4, 0.5) is 0 Å². The molecule has 1 amide bonds. The van der Waals surface area contributed by atoms with E-state index in [-0.39, 0.29) is 12.3 Å². The van der Waals surface area contributed by atoms with E-state index in [0.717, 1.165) is 0 Å². The van der Waals surface area contributed by atoms with Gasteiger partial charge in [-0.15, -0.1) is 0 Å². The Morgan fingerprint density at radius 3 is 2.47 bits per heavy atom. The van der Waals surface area contributed by atoms with Crippen molar-refractivity contribution < 1.29 is 14.7 Å². The molecule has 2 N–H and O–H groups in total. The first-order chi connectivity index (χ1) is 7.91. The fraction of sp³-hybridized carbons (Fsp3) is 0.417. The third-order valence-corrected chi connectivity index (χ3v) is 2.36. The molecule has 1 heterocycles. The monoisotopic (exact) mass is 236 g/mol. The Morgan fingerprint density at radius 1 is 1.35 bits per heavy atom. The van der Waals surface area contributed by atoms with Gasteiger partial charge in [-0.1, -0.05) is 0 Å². The van der Waals surface area contributed by atoms with Crippen LogP contribution in [0, 0.1) is 0 Å². The number of hydrogen-bond acceptors (Lipinski definition) is 3. The normalized spacial score (nSPS) is 10.9. The highest BCUT2D eigenvalue weighted by molar-refractivity contribution is 5.94. The largest absolute Gasteiger partial charge is 0.481 e. The van der Waals surface area contributed by atoms with Gasteiger partial charge in [0.1, 0.15) is 0 Å². The first kappa shape index (κ1) is 13.2. The number of hydrogen-bond donors (Lipinski definition) is 2. The summed E-state index contributed by atoms with van der Waals surface area (Å²) in [6, 6.07) is 3.23. The van der Waals surface area contributed by atoms with Gasteiger partial charge in [0.2, 0.25) is 0 Å². The molecule has 0 saturated carbocycles. The molecule has 0 unspecified atom stereocenters. The van der Waals surface area contributed by atoms with Crippen LogP contribution in [0.2, 0.25) is 0 Å². The van der Waals surface area contributed by atoms with E-state index in [9.17, 15) is 9.59 Å². The molecular weight excluding hydrogens is 220 g/mol. The second kappa shape index (κ2) is 5.43. The molecule has 0 saturated heterocycles. The summed E-state index contributed by atoms with van der Waals surface area (Å²) in [6.07, 6.45) is 3.50. The Balaban J connectivity index is 2.58. The number of aliphatic carboxylic acids is 1. The second-order valence-corrected chi connectivity index (χ2v) is 4.47. The second-order valence-electron chi connectivity index (χ2n) is 4.47. The molecule has 0 fully saturated rings. The molecule has 0 aromatic carbocycles. The van der Waals surface area contributed by atoms with Gasteiger partial charge in [-0.3, -0.25) is 14.6 Å². The van der Waals surface area contributed by atoms with E-state index in [1.165, 1.54) is 0 Å². The van der Waals surface area contributed by atoms with Gasteiger partial charge in [0, 0.05) is 29.9 Å². The Labute approximate surface area is 99.9 Å². The zero-order chi connectivity index (χ0) is 12.9. The van der Waals surface area contributed by atoms with Gasteiger partial charge in [0.25, 0.3) is 5.91 Å². The third kappa shape index (κ3) is 4.63. The molecule has 1 aromatic rings. The van der Waals surface area contributed by atoms with Crippen molar-refractivity contribution in [1.82, 2.24) is 10.3 Å². The molecular formula is C12H16N2O3. The van der Waals surface area contributed by atoms with Crippen LogP contribution in [0.1, 0.15) is 37.0 Å². The minimum Gasteiger partial charge on any atom is -0.481 e. The fourth-order valence-electron chi connectivity index (χ4n) is 1.36. The quantitative estimate of drug-likeness (QED) is 0.811. The molecule has 0 aliphatic heterocycles. The number of carboxylic acid groups (broad SMARTS) is 1. The summed E-state index contributed by atoms with van der Waals surface area (Å²) in [5, 5.41) is 11.4. The van der Waals surface area contributed by atoms with Crippen molar-refractivity contribution in [3.63, 3.8) is 0 Å². The summed E-state index contributed by atoms with van der Waals surface area (Å²) in [4.78, 5) is 26.1. The number of pyridine rings is 1. The van der Waals surface area contributed by atoms with Gasteiger partial charge in [0.15, 0.2) is 0 Å². The Kier molecular flexibility index (Phi) is 4.20.